The van der Waals surface area contributed by atoms with Gasteiger partial charge in [-0.1, -0.05) is 23.9 Å². The highest BCUT2D eigenvalue weighted by atomic mass is 32.2. The lowest BCUT2D eigenvalue weighted by molar-refractivity contribution is -0.133. The summed E-state index contributed by atoms with van der Waals surface area (Å²) < 4.78 is 38.3. The molecule has 0 atom stereocenters. The van der Waals surface area contributed by atoms with E-state index in [4.69, 9.17) is 5.11 Å². The Hall–Kier alpha value is -1.35. The molecule has 1 N–H and O–H groups in total. The molecular weight excluding hydrogens is 325 g/mol. The summed E-state index contributed by atoms with van der Waals surface area (Å²) in [6.45, 7) is 0.118. The molecule has 4 nitrogen and oxygen atoms in total. The molecule has 2 rings (SSSR count). The van der Waals surface area contributed by atoms with Crippen LogP contribution in [-0.2, 0) is 11.3 Å². The van der Waals surface area contributed by atoms with E-state index < -0.39 is 11.5 Å². The van der Waals surface area contributed by atoms with Crippen LogP contribution in [0.25, 0.3) is 11.0 Å². The second-order valence-corrected chi connectivity index (χ2v) is 6.11. The molecule has 1 heterocycles. The van der Waals surface area contributed by atoms with Crippen molar-refractivity contribution in [3.63, 3.8) is 0 Å². The molecule has 9 heteroatoms. The van der Waals surface area contributed by atoms with Crippen LogP contribution in [0, 0.1) is 0 Å². The summed E-state index contributed by atoms with van der Waals surface area (Å²) in [5.74, 6) is -1.33. The van der Waals surface area contributed by atoms with Gasteiger partial charge in [0.1, 0.15) is 0 Å². The number of para-hydroxylation sites is 2. The summed E-state index contributed by atoms with van der Waals surface area (Å²) in [5, 5.41) is 9.13. The predicted molar refractivity (Wildman–Crippen MR) is 76.6 cm³/mol. The number of halogens is 3. The molecule has 0 saturated carbocycles. The first-order valence-electron chi connectivity index (χ1n) is 5.87. The first-order chi connectivity index (χ1) is 9.87. The fourth-order valence-corrected chi connectivity index (χ4v) is 3.02. The Morgan fingerprint density at radius 1 is 1.33 bits per heavy atom. The fraction of sp³-hybridized carbons (Fsp3) is 0.333. The van der Waals surface area contributed by atoms with E-state index in [1.807, 2.05) is 0 Å². The molecule has 0 saturated heterocycles. The van der Waals surface area contributed by atoms with Crippen molar-refractivity contribution in [1.82, 2.24) is 9.55 Å². The van der Waals surface area contributed by atoms with Crippen molar-refractivity contribution in [2.24, 2.45) is 0 Å². The van der Waals surface area contributed by atoms with Gasteiger partial charge in [0.15, 0.2) is 5.16 Å². The van der Waals surface area contributed by atoms with E-state index in [1.165, 1.54) is 0 Å². The molecule has 1 aromatic carbocycles. The number of thioether (sulfide) groups is 2. The van der Waals surface area contributed by atoms with Crippen LogP contribution in [0.5, 0.6) is 0 Å². The van der Waals surface area contributed by atoms with Crippen molar-refractivity contribution in [2.75, 3.05) is 11.5 Å². The van der Waals surface area contributed by atoms with E-state index in [0.29, 0.717) is 16.2 Å². The van der Waals surface area contributed by atoms with Gasteiger partial charge in [0, 0.05) is 12.3 Å². The molecule has 21 heavy (non-hydrogen) atoms. The molecule has 0 bridgehead atoms. The van der Waals surface area contributed by atoms with Crippen molar-refractivity contribution in [2.45, 2.75) is 17.2 Å². The van der Waals surface area contributed by atoms with Gasteiger partial charge in [0.2, 0.25) is 0 Å². The average molecular weight is 336 g/mol. The summed E-state index contributed by atoms with van der Waals surface area (Å²) in [4.78, 5) is 14.9. The quantitative estimate of drug-likeness (QED) is 0.819. The van der Waals surface area contributed by atoms with Crippen LogP contribution in [0.15, 0.2) is 29.4 Å². The number of imidazole rings is 1. The summed E-state index contributed by atoms with van der Waals surface area (Å²) in [6, 6.07) is 7.04. The van der Waals surface area contributed by atoms with Crippen LogP contribution in [0.4, 0.5) is 13.2 Å². The van der Waals surface area contributed by atoms with E-state index in [-0.39, 0.29) is 29.8 Å². The van der Waals surface area contributed by atoms with Crippen molar-refractivity contribution >= 4 is 40.5 Å². The van der Waals surface area contributed by atoms with Crippen LogP contribution < -0.4 is 0 Å². The Morgan fingerprint density at radius 3 is 2.71 bits per heavy atom. The molecule has 1 aromatic heterocycles. The molecule has 0 aliphatic rings. The molecule has 0 aliphatic carbocycles. The number of aliphatic carboxylic acids is 1. The van der Waals surface area contributed by atoms with Gasteiger partial charge in [-0.2, -0.15) is 13.2 Å². The second-order valence-electron chi connectivity index (χ2n) is 4.01. The molecule has 0 aliphatic heterocycles. The van der Waals surface area contributed by atoms with E-state index in [1.54, 1.807) is 28.8 Å². The smallest absolute Gasteiger partial charge is 0.441 e. The maximum Gasteiger partial charge on any atom is 0.441 e. The van der Waals surface area contributed by atoms with Gasteiger partial charge in [0.25, 0.3) is 0 Å². The van der Waals surface area contributed by atoms with Crippen LogP contribution in [0.3, 0.4) is 0 Å². The Labute approximate surface area is 126 Å². The van der Waals surface area contributed by atoms with Gasteiger partial charge in [0.05, 0.1) is 16.8 Å². The topological polar surface area (TPSA) is 55.1 Å². The number of aromatic nitrogens is 2. The minimum atomic E-state index is -4.27. The molecule has 114 valence electrons. The van der Waals surface area contributed by atoms with E-state index >= 15 is 0 Å². The van der Waals surface area contributed by atoms with Crippen molar-refractivity contribution in [3.8, 4) is 0 Å². The monoisotopic (exact) mass is 336 g/mol. The van der Waals surface area contributed by atoms with Gasteiger partial charge in [-0.25, -0.2) is 4.98 Å². The number of aryl methyl sites for hydroxylation is 1. The third kappa shape index (κ3) is 4.57. The lowest BCUT2D eigenvalue weighted by Crippen LogP contribution is -2.08. The van der Waals surface area contributed by atoms with E-state index in [9.17, 15) is 18.0 Å². The first kappa shape index (κ1) is 16.0. The van der Waals surface area contributed by atoms with Gasteiger partial charge >= 0.3 is 11.5 Å². The minimum absolute atomic E-state index is 0.101. The number of rotatable bonds is 6. The lowest BCUT2D eigenvalue weighted by Gasteiger charge is -2.09. The summed E-state index contributed by atoms with van der Waals surface area (Å²) in [7, 11) is 0. The molecule has 0 spiro atoms. The number of alkyl halides is 3. The van der Waals surface area contributed by atoms with Gasteiger partial charge in [-0.05, 0) is 23.9 Å². The molecule has 2 aromatic rings. The lowest BCUT2D eigenvalue weighted by atomic mass is 10.3. The van der Waals surface area contributed by atoms with Crippen LogP contribution >= 0.6 is 23.5 Å². The number of hydrogen-bond donors (Lipinski definition) is 1. The number of carboxylic acids is 1. The number of carboxylic acid groups (broad SMARTS) is 1. The largest absolute Gasteiger partial charge is 0.481 e. The molecular formula is C12H11F3N2O2S2. The summed E-state index contributed by atoms with van der Waals surface area (Å²) in [6.07, 6.45) is 0. The number of nitrogens with zero attached hydrogens (tertiary/aromatic N) is 2. The Morgan fingerprint density at radius 2 is 2.05 bits per heavy atom. The zero-order valence-electron chi connectivity index (χ0n) is 10.6. The summed E-state index contributed by atoms with van der Waals surface area (Å²) >= 11 is 0.900. The van der Waals surface area contributed by atoms with Crippen LogP contribution in [0.1, 0.15) is 0 Å². The third-order valence-corrected chi connectivity index (χ3v) is 4.20. The fourth-order valence-electron chi connectivity index (χ4n) is 1.76. The van der Waals surface area contributed by atoms with Gasteiger partial charge in [-0.15, -0.1) is 0 Å². The number of hydrogen-bond acceptors (Lipinski definition) is 4. The van der Waals surface area contributed by atoms with Crippen LogP contribution in [0.2, 0.25) is 0 Å². The highest BCUT2D eigenvalue weighted by Gasteiger charge is 2.27. The number of fused-ring (bicyclic) bond motifs is 1. The highest BCUT2D eigenvalue weighted by molar-refractivity contribution is 8.00. The molecule has 0 fully saturated rings. The SMILES string of the molecule is O=C(O)CSc1nc2ccccc2n1CCSC(F)(F)F. The van der Waals surface area contributed by atoms with E-state index in [0.717, 1.165) is 11.8 Å². The Bertz CT molecular complexity index is 643. The molecule has 0 amide bonds. The Kier molecular flexibility index (Phi) is 5.04. The van der Waals surface area contributed by atoms with Gasteiger partial charge < -0.3 is 9.67 Å². The maximum absolute atomic E-state index is 12.2. The van der Waals surface area contributed by atoms with Crippen LogP contribution in [-0.4, -0.2) is 37.6 Å². The van der Waals surface area contributed by atoms with E-state index in [2.05, 4.69) is 4.98 Å². The second kappa shape index (κ2) is 6.61. The normalized spacial score (nSPS) is 12.0. The molecule has 0 radical (unpaired) electrons. The Balaban J connectivity index is 2.21. The molecule has 0 unspecified atom stereocenters. The maximum atomic E-state index is 12.2. The van der Waals surface area contributed by atoms with Gasteiger partial charge in [-0.3, -0.25) is 4.79 Å². The third-order valence-electron chi connectivity index (χ3n) is 2.52. The van der Waals surface area contributed by atoms with Crippen molar-refractivity contribution in [1.29, 1.82) is 0 Å². The minimum Gasteiger partial charge on any atom is -0.481 e. The first-order valence-corrected chi connectivity index (χ1v) is 7.84. The zero-order valence-corrected chi connectivity index (χ0v) is 12.3. The average Bonchev–Trinajstić information content (AvgIpc) is 2.73. The van der Waals surface area contributed by atoms with Crippen molar-refractivity contribution < 1.29 is 23.1 Å². The number of benzene rings is 1. The van der Waals surface area contributed by atoms with Crippen molar-refractivity contribution in [3.05, 3.63) is 24.3 Å². The standard InChI is InChI=1S/C12H11F3N2O2S2/c13-12(14,15)21-6-5-17-9-4-2-1-3-8(9)16-11(17)20-7-10(18)19/h1-4H,5-7H2,(H,18,19). The zero-order chi connectivity index (χ0) is 15.5. The summed E-state index contributed by atoms with van der Waals surface area (Å²) in [5.41, 5.74) is -2.93. The predicted octanol–water partition coefficient (Wildman–Crippen LogP) is 3.47. The highest BCUT2D eigenvalue weighted by Crippen LogP contribution is 2.31. The number of carbonyl (C=O) groups is 1.